The number of esters is 1. The molecule has 0 saturated carbocycles. The van der Waals surface area contributed by atoms with Crippen LogP contribution < -0.4 is 5.73 Å². The predicted molar refractivity (Wildman–Crippen MR) is 85.0 cm³/mol. The van der Waals surface area contributed by atoms with Crippen molar-refractivity contribution in [2.24, 2.45) is 11.7 Å². The quantitative estimate of drug-likeness (QED) is 0.403. The second-order valence-electron chi connectivity index (χ2n) is 6.00. The van der Waals surface area contributed by atoms with Gasteiger partial charge < -0.3 is 15.2 Å². The van der Waals surface area contributed by atoms with Gasteiger partial charge in [-0.2, -0.15) is 0 Å². The summed E-state index contributed by atoms with van der Waals surface area (Å²) in [4.78, 5) is 11.4. The highest BCUT2D eigenvalue weighted by Crippen LogP contribution is 2.23. The Morgan fingerprint density at radius 1 is 1.33 bits per heavy atom. The monoisotopic (exact) mass is 297 g/mol. The standard InChI is InChI=1S/C17H31NO3/c1-3-4-5-6-7-8-9-10-15-16(21-17(19)12-18)11-14(2)13-20-15/h9-10,14-16H,3-8,11-13,18H2,1-2H3/b10-9+/t14-,15+,16-/m1/s1. The number of allylic oxidation sites excluding steroid dienone is 1. The summed E-state index contributed by atoms with van der Waals surface area (Å²) in [6.07, 6.45) is 12.2. The average molecular weight is 297 g/mol. The molecule has 1 heterocycles. The van der Waals surface area contributed by atoms with E-state index in [0.29, 0.717) is 5.92 Å². The van der Waals surface area contributed by atoms with Crippen molar-refractivity contribution in [3.05, 3.63) is 12.2 Å². The van der Waals surface area contributed by atoms with E-state index in [9.17, 15) is 4.79 Å². The predicted octanol–water partition coefficient (Wildman–Crippen LogP) is 3.20. The smallest absolute Gasteiger partial charge is 0.320 e. The van der Waals surface area contributed by atoms with E-state index in [1.807, 2.05) is 0 Å². The van der Waals surface area contributed by atoms with Gasteiger partial charge in [0.05, 0.1) is 13.2 Å². The summed E-state index contributed by atoms with van der Waals surface area (Å²) in [6.45, 7) is 4.99. The summed E-state index contributed by atoms with van der Waals surface area (Å²) in [7, 11) is 0. The minimum atomic E-state index is -0.351. The SMILES string of the molecule is CCCCCCC/C=C/[C@@H]1OC[C@H](C)C[C@H]1OC(=O)CN. The van der Waals surface area contributed by atoms with E-state index in [1.165, 1.54) is 32.1 Å². The van der Waals surface area contributed by atoms with Crippen molar-refractivity contribution in [1.82, 2.24) is 0 Å². The Kier molecular flexibility index (Phi) is 9.35. The summed E-state index contributed by atoms with van der Waals surface area (Å²) < 4.78 is 11.2. The fourth-order valence-corrected chi connectivity index (χ4v) is 2.59. The van der Waals surface area contributed by atoms with Gasteiger partial charge in [0.25, 0.3) is 0 Å². The molecule has 0 aromatic rings. The van der Waals surface area contributed by atoms with Crippen LogP contribution in [0, 0.1) is 5.92 Å². The van der Waals surface area contributed by atoms with Crippen LogP contribution >= 0.6 is 0 Å². The average Bonchev–Trinajstić information content (AvgIpc) is 2.48. The van der Waals surface area contributed by atoms with Crippen molar-refractivity contribution in [2.45, 2.75) is 71.0 Å². The van der Waals surface area contributed by atoms with E-state index in [-0.39, 0.29) is 24.7 Å². The Hall–Kier alpha value is -0.870. The number of carbonyl (C=O) groups is 1. The van der Waals surface area contributed by atoms with Crippen LogP contribution in [0.2, 0.25) is 0 Å². The molecule has 0 amide bonds. The molecule has 0 aromatic carbocycles. The van der Waals surface area contributed by atoms with Gasteiger partial charge in [0, 0.05) is 0 Å². The molecule has 3 atom stereocenters. The van der Waals surface area contributed by atoms with Crippen LogP contribution in [0.1, 0.15) is 58.8 Å². The fraction of sp³-hybridized carbons (Fsp3) is 0.824. The lowest BCUT2D eigenvalue weighted by Crippen LogP contribution is -2.40. The Labute approximate surface area is 129 Å². The first-order valence-electron chi connectivity index (χ1n) is 8.35. The molecule has 0 aliphatic carbocycles. The zero-order valence-corrected chi connectivity index (χ0v) is 13.6. The van der Waals surface area contributed by atoms with Crippen molar-refractivity contribution in [3.63, 3.8) is 0 Å². The zero-order valence-electron chi connectivity index (χ0n) is 13.6. The summed E-state index contributed by atoms with van der Waals surface area (Å²) in [5, 5.41) is 0. The van der Waals surface area contributed by atoms with Crippen molar-refractivity contribution in [3.8, 4) is 0 Å². The molecule has 0 bridgehead atoms. The highest BCUT2D eigenvalue weighted by atomic mass is 16.6. The van der Waals surface area contributed by atoms with E-state index in [2.05, 4.69) is 26.0 Å². The highest BCUT2D eigenvalue weighted by Gasteiger charge is 2.30. The fourth-order valence-electron chi connectivity index (χ4n) is 2.59. The number of ether oxygens (including phenoxy) is 2. The van der Waals surface area contributed by atoms with E-state index >= 15 is 0 Å². The zero-order chi connectivity index (χ0) is 15.5. The molecule has 2 N–H and O–H groups in total. The van der Waals surface area contributed by atoms with Crippen molar-refractivity contribution < 1.29 is 14.3 Å². The summed E-state index contributed by atoms with van der Waals surface area (Å²) >= 11 is 0. The summed E-state index contributed by atoms with van der Waals surface area (Å²) in [5.41, 5.74) is 5.32. The summed E-state index contributed by atoms with van der Waals surface area (Å²) in [5.74, 6) is 0.0648. The molecular weight excluding hydrogens is 266 g/mol. The highest BCUT2D eigenvalue weighted by molar-refractivity contribution is 5.71. The van der Waals surface area contributed by atoms with Crippen LogP contribution in [0.15, 0.2) is 12.2 Å². The number of nitrogens with two attached hydrogens (primary N) is 1. The molecule has 122 valence electrons. The molecule has 0 aromatic heterocycles. The summed E-state index contributed by atoms with van der Waals surface area (Å²) in [6, 6.07) is 0. The molecule has 4 nitrogen and oxygen atoms in total. The van der Waals surface area contributed by atoms with Gasteiger partial charge in [-0.1, -0.05) is 51.7 Å². The molecule has 21 heavy (non-hydrogen) atoms. The minimum absolute atomic E-state index is 0.0707. The van der Waals surface area contributed by atoms with Gasteiger partial charge in [-0.25, -0.2) is 0 Å². The molecule has 1 aliphatic rings. The van der Waals surface area contributed by atoms with E-state index in [0.717, 1.165) is 19.4 Å². The number of hydrogen-bond acceptors (Lipinski definition) is 4. The van der Waals surface area contributed by atoms with Crippen LogP contribution in [0.25, 0.3) is 0 Å². The molecule has 0 radical (unpaired) electrons. The first-order chi connectivity index (χ1) is 10.2. The molecule has 1 fully saturated rings. The van der Waals surface area contributed by atoms with Crippen molar-refractivity contribution in [1.29, 1.82) is 0 Å². The number of hydrogen-bond donors (Lipinski definition) is 1. The maximum atomic E-state index is 11.4. The number of rotatable bonds is 9. The Morgan fingerprint density at radius 3 is 2.81 bits per heavy atom. The van der Waals surface area contributed by atoms with Gasteiger partial charge in [0.1, 0.15) is 12.2 Å². The van der Waals surface area contributed by atoms with Crippen LogP contribution in [0.5, 0.6) is 0 Å². The second-order valence-corrected chi connectivity index (χ2v) is 6.00. The maximum Gasteiger partial charge on any atom is 0.320 e. The van der Waals surface area contributed by atoms with Crippen LogP contribution in [0.3, 0.4) is 0 Å². The number of unbranched alkanes of at least 4 members (excludes halogenated alkanes) is 5. The lowest BCUT2D eigenvalue weighted by atomic mass is 9.96. The first-order valence-corrected chi connectivity index (χ1v) is 8.35. The Bertz CT molecular complexity index is 317. The third-order valence-corrected chi connectivity index (χ3v) is 3.82. The van der Waals surface area contributed by atoms with Gasteiger partial charge in [-0.15, -0.1) is 0 Å². The van der Waals surface area contributed by atoms with Crippen molar-refractivity contribution >= 4 is 5.97 Å². The molecular formula is C17H31NO3. The van der Waals surface area contributed by atoms with Gasteiger partial charge >= 0.3 is 5.97 Å². The van der Waals surface area contributed by atoms with Gasteiger partial charge in [0.2, 0.25) is 0 Å². The van der Waals surface area contributed by atoms with Gasteiger partial charge in [-0.05, 0) is 25.2 Å². The lowest BCUT2D eigenvalue weighted by molar-refractivity contribution is -0.161. The van der Waals surface area contributed by atoms with Crippen molar-refractivity contribution in [2.75, 3.05) is 13.2 Å². The Balaban J connectivity index is 2.33. The third-order valence-electron chi connectivity index (χ3n) is 3.82. The maximum absolute atomic E-state index is 11.4. The normalized spacial score (nSPS) is 26.1. The molecule has 1 rings (SSSR count). The topological polar surface area (TPSA) is 61.5 Å². The lowest BCUT2D eigenvalue weighted by Gasteiger charge is -2.32. The molecule has 1 aliphatic heterocycles. The van der Waals surface area contributed by atoms with Crippen LogP contribution in [-0.4, -0.2) is 31.3 Å². The van der Waals surface area contributed by atoms with E-state index in [1.54, 1.807) is 0 Å². The van der Waals surface area contributed by atoms with E-state index in [4.69, 9.17) is 15.2 Å². The molecule has 1 saturated heterocycles. The second kappa shape index (κ2) is 10.8. The molecule has 0 unspecified atom stereocenters. The van der Waals surface area contributed by atoms with Crippen LogP contribution in [-0.2, 0) is 14.3 Å². The Morgan fingerprint density at radius 2 is 2.10 bits per heavy atom. The number of carbonyl (C=O) groups excluding carboxylic acids is 1. The van der Waals surface area contributed by atoms with Crippen LogP contribution in [0.4, 0.5) is 0 Å². The largest absolute Gasteiger partial charge is 0.458 e. The third kappa shape index (κ3) is 7.63. The van der Waals surface area contributed by atoms with Gasteiger partial charge in [0.15, 0.2) is 0 Å². The molecule has 0 spiro atoms. The first kappa shape index (κ1) is 18.2. The molecule has 4 heteroatoms. The van der Waals surface area contributed by atoms with Gasteiger partial charge in [-0.3, -0.25) is 4.79 Å². The minimum Gasteiger partial charge on any atom is -0.458 e. The van der Waals surface area contributed by atoms with E-state index < -0.39 is 0 Å².